The summed E-state index contributed by atoms with van der Waals surface area (Å²) in [6, 6.07) is 0.144. The largest absolute Gasteiger partial charge is 0.325 e. The average Bonchev–Trinajstić information content (AvgIpc) is 2.47. The Morgan fingerprint density at radius 2 is 2.12 bits per heavy atom. The van der Waals surface area contributed by atoms with Gasteiger partial charge < -0.3 is 5.73 Å². The molecule has 2 N–H and O–H groups in total. The Labute approximate surface area is 103 Å². The third-order valence-corrected chi connectivity index (χ3v) is 5.71. The molecule has 0 aromatic rings. The standard InChI is InChI=1S/C10H22N2O2S2/c1-8(4-5-15-3)12(2)10-7-16(13,14)6-9(10)11/h8-10H,4-7,11H2,1-3H3. The number of rotatable bonds is 5. The fraction of sp³-hybridized carbons (Fsp3) is 1.00. The Hall–Kier alpha value is 0.220. The highest BCUT2D eigenvalue weighted by molar-refractivity contribution is 7.98. The maximum absolute atomic E-state index is 11.5. The van der Waals surface area contributed by atoms with Crippen LogP contribution in [0.4, 0.5) is 0 Å². The van der Waals surface area contributed by atoms with Crippen LogP contribution in [0.1, 0.15) is 13.3 Å². The quantitative estimate of drug-likeness (QED) is 0.769. The molecule has 0 spiro atoms. The van der Waals surface area contributed by atoms with Crippen molar-refractivity contribution < 1.29 is 8.42 Å². The number of thioether (sulfide) groups is 1. The second-order valence-corrected chi connectivity index (χ2v) is 7.74. The number of sulfone groups is 1. The van der Waals surface area contributed by atoms with Crippen molar-refractivity contribution in [3.63, 3.8) is 0 Å². The van der Waals surface area contributed by atoms with E-state index in [9.17, 15) is 8.42 Å². The van der Waals surface area contributed by atoms with Crippen LogP contribution in [0, 0.1) is 0 Å². The number of nitrogens with two attached hydrogens (primary N) is 1. The van der Waals surface area contributed by atoms with E-state index >= 15 is 0 Å². The van der Waals surface area contributed by atoms with Crippen molar-refractivity contribution >= 4 is 21.6 Å². The van der Waals surface area contributed by atoms with Crippen molar-refractivity contribution in [2.45, 2.75) is 31.5 Å². The van der Waals surface area contributed by atoms with Gasteiger partial charge in [-0.05, 0) is 32.4 Å². The van der Waals surface area contributed by atoms with Gasteiger partial charge in [0.1, 0.15) is 0 Å². The molecule has 0 aliphatic carbocycles. The minimum absolute atomic E-state index is 0.0122. The fourth-order valence-electron chi connectivity index (χ4n) is 2.09. The van der Waals surface area contributed by atoms with E-state index in [1.165, 1.54) is 0 Å². The van der Waals surface area contributed by atoms with Crippen molar-refractivity contribution in [3.05, 3.63) is 0 Å². The van der Waals surface area contributed by atoms with Crippen LogP contribution < -0.4 is 5.73 Å². The lowest BCUT2D eigenvalue weighted by atomic mass is 10.1. The van der Waals surface area contributed by atoms with Crippen LogP contribution in [-0.4, -0.2) is 62.0 Å². The lowest BCUT2D eigenvalue weighted by Crippen LogP contribution is -2.48. The van der Waals surface area contributed by atoms with Gasteiger partial charge in [0.25, 0.3) is 0 Å². The van der Waals surface area contributed by atoms with Crippen molar-refractivity contribution in [3.8, 4) is 0 Å². The summed E-state index contributed by atoms with van der Waals surface area (Å²) in [5.74, 6) is 1.45. The van der Waals surface area contributed by atoms with Crippen molar-refractivity contribution in [2.75, 3.05) is 30.6 Å². The first-order valence-corrected chi connectivity index (χ1v) is 8.76. The number of nitrogens with zero attached hydrogens (tertiary/aromatic N) is 1. The van der Waals surface area contributed by atoms with Gasteiger partial charge in [0.05, 0.1) is 11.5 Å². The van der Waals surface area contributed by atoms with Crippen LogP contribution in [0.2, 0.25) is 0 Å². The summed E-state index contributed by atoms with van der Waals surface area (Å²) in [5.41, 5.74) is 5.90. The zero-order valence-electron chi connectivity index (χ0n) is 10.2. The Balaban J connectivity index is 2.57. The van der Waals surface area contributed by atoms with Crippen LogP contribution >= 0.6 is 11.8 Å². The molecule has 0 aromatic carbocycles. The Morgan fingerprint density at radius 3 is 2.56 bits per heavy atom. The number of hydrogen-bond acceptors (Lipinski definition) is 5. The maximum Gasteiger partial charge on any atom is 0.153 e. The highest BCUT2D eigenvalue weighted by Gasteiger charge is 2.38. The van der Waals surface area contributed by atoms with E-state index in [1.54, 1.807) is 0 Å². The summed E-state index contributed by atoms with van der Waals surface area (Å²) in [5, 5.41) is 0. The lowest BCUT2D eigenvalue weighted by molar-refractivity contribution is 0.183. The van der Waals surface area contributed by atoms with Gasteiger partial charge in [0.2, 0.25) is 0 Å². The molecule has 4 nitrogen and oxygen atoms in total. The minimum Gasteiger partial charge on any atom is -0.325 e. The molecule has 0 aromatic heterocycles. The van der Waals surface area contributed by atoms with E-state index in [2.05, 4.69) is 18.1 Å². The Morgan fingerprint density at radius 1 is 1.50 bits per heavy atom. The van der Waals surface area contributed by atoms with E-state index in [-0.39, 0.29) is 23.6 Å². The molecule has 0 radical (unpaired) electrons. The van der Waals surface area contributed by atoms with E-state index < -0.39 is 9.84 Å². The molecule has 0 bridgehead atoms. The van der Waals surface area contributed by atoms with E-state index in [1.807, 2.05) is 18.8 Å². The predicted octanol–water partition coefficient (Wildman–Crippen LogP) is 0.184. The molecule has 3 atom stereocenters. The van der Waals surface area contributed by atoms with Crippen LogP contribution in [0.15, 0.2) is 0 Å². The molecule has 1 aliphatic rings. The molecule has 0 amide bonds. The van der Waals surface area contributed by atoms with Gasteiger partial charge in [-0.2, -0.15) is 11.8 Å². The zero-order chi connectivity index (χ0) is 12.3. The molecule has 1 fully saturated rings. The van der Waals surface area contributed by atoms with Gasteiger partial charge in [0, 0.05) is 18.1 Å². The molecule has 1 heterocycles. The summed E-state index contributed by atoms with van der Waals surface area (Å²) in [4.78, 5) is 2.13. The second kappa shape index (κ2) is 5.71. The second-order valence-electron chi connectivity index (χ2n) is 4.60. The molecule has 3 unspecified atom stereocenters. The van der Waals surface area contributed by atoms with Gasteiger partial charge in [0.15, 0.2) is 9.84 Å². The average molecular weight is 266 g/mol. The zero-order valence-corrected chi connectivity index (χ0v) is 11.9. The first kappa shape index (κ1) is 14.3. The van der Waals surface area contributed by atoms with Gasteiger partial charge in [-0.25, -0.2) is 8.42 Å². The third kappa shape index (κ3) is 3.61. The Kier molecular flexibility index (Phi) is 5.10. The van der Waals surface area contributed by atoms with Crippen molar-refractivity contribution in [2.24, 2.45) is 5.73 Å². The molecule has 6 heteroatoms. The van der Waals surface area contributed by atoms with Crippen LogP contribution in [0.5, 0.6) is 0 Å². The van der Waals surface area contributed by atoms with Crippen molar-refractivity contribution in [1.82, 2.24) is 4.90 Å². The summed E-state index contributed by atoms with van der Waals surface area (Å²) in [6.07, 6.45) is 3.15. The van der Waals surface area contributed by atoms with Crippen LogP contribution in [-0.2, 0) is 9.84 Å². The first-order valence-electron chi connectivity index (χ1n) is 5.54. The molecular weight excluding hydrogens is 244 g/mol. The monoisotopic (exact) mass is 266 g/mol. The molecule has 1 rings (SSSR count). The molecular formula is C10H22N2O2S2. The molecule has 0 saturated carbocycles. The smallest absolute Gasteiger partial charge is 0.153 e. The van der Waals surface area contributed by atoms with Gasteiger partial charge in [-0.1, -0.05) is 0 Å². The highest BCUT2D eigenvalue weighted by Crippen LogP contribution is 2.19. The summed E-state index contributed by atoms with van der Waals surface area (Å²) < 4.78 is 23.0. The van der Waals surface area contributed by atoms with Gasteiger partial charge >= 0.3 is 0 Å². The third-order valence-electron chi connectivity index (χ3n) is 3.32. The number of hydrogen-bond donors (Lipinski definition) is 1. The van der Waals surface area contributed by atoms with E-state index in [4.69, 9.17) is 5.73 Å². The lowest BCUT2D eigenvalue weighted by Gasteiger charge is -2.32. The SMILES string of the molecule is CSCCC(C)N(C)C1CS(=O)(=O)CC1N. The summed E-state index contributed by atoms with van der Waals surface area (Å²) >= 11 is 1.81. The maximum atomic E-state index is 11.5. The molecule has 96 valence electrons. The van der Waals surface area contributed by atoms with Crippen molar-refractivity contribution in [1.29, 1.82) is 0 Å². The molecule has 1 aliphatic heterocycles. The molecule has 16 heavy (non-hydrogen) atoms. The fourth-order valence-corrected chi connectivity index (χ4v) is 4.62. The van der Waals surface area contributed by atoms with Crippen LogP contribution in [0.25, 0.3) is 0 Å². The van der Waals surface area contributed by atoms with Crippen LogP contribution in [0.3, 0.4) is 0 Å². The number of likely N-dealkylation sites (N-methyl/N-ethyl adjacent to an activating group) is 1. The van der Waals surface area contributed by atoms with Gasteiger partial charge in [-0.3, -0.25) is 4.90 Å². The summed E-state index contributed by atoms with van der Waals surface area (Å²) in [6.45, 7) is 2.13. The minimum atomic E-state index is -2.92. The highest BCUT2D eigenvalue weighted by atomic mass is 32.2. The topological polar surface area (TPSA) is 63.4 Å². The van der Waals surface area contributed by atoms with E-state index in [0.29, 0.717) is 6.04 Å². The summed E-state index contributed by atoms with van der Waals surface area (Å²) in [7, 11) is -0.933. The predicted molar refractivity (Wildman–Crippen MR) is 70.6 cm³/mol. The normalized spacial score (nSPS) is 30.8. The van der Waals surface area contributed by atoms with E-state index in [0.717, 1.165) is 12.2 Å². The first-order chi connectivity index (χ1) is 7.37. The van der Waals surface area contributed by atoms with Gasteiger partial charge in [-0.15, -0.1) is 0 Å². The molecule has 1 saturated heterocycles. The Bertz CT molecular complexity index is 319.